The molecule has 0 aliphatic carbocycles. The van der Waals surface area contributed by atoms with Gasteiger partial charge in [0.2, 0.25) is 5.16 Å². The maximum Gasteiger partial charge on any atom is 0.215 e. The number of aromatic nitrogens is 6. The lowest BCUT2D eigenvalue weighted by Crippen LogP contribution is -2.03. The number of anilines is 1. The van der Waals surface area contributed by atoms with Crippen molar-refractivity contribution < 1.29 is 0 Å². The summed E-state index contributed by atoms with van der Waals surface area (Å²) < 4.78 is 1.58. The van der Waals surface area contributed by atoms with Crippen molar-refractivity contribution in [1.29, 1.82) is 0 Å². The van der Waals surface area contributed by atoms with Crippen LogP contribution in [0.3, 0.4) is 0 Å². The van der Waals surface area contributed by atoms with E-state index in [0.717, 1.165) is 10.9 Å². The second-order valence-electron chi connectivity index (χ2n) is 3.83. The van der Waals surface area contributed by atoms with Gasteiger partial charge in [-0.3, -0.25) is 0 Å². The predicted octanol–water partition coefficient (Wildman–Crippen LogP) is 0.857. The van der Waals surface area contributed by atoms with Crippen LogP contribution in [0, 0.1) is 0 Å². The van der Waals surface area contributed by atoms with Crippen molar-refractivity contribution >= 4 is 17.6 Å². The third-order valence-electron chi connectivity index (χ3n) is 2.03. The molecule has 8 heteroatoms. The van der Waals surface area contributed by atoms with E-state index >= 15 is 0 Å². The van der Waals surface area contributed by atoms with E-state index in [0.29, 0.717) is 11.0 Å². The van der Waals surface area contributed by atoms with Gasteiger partial charge in [0, 0.05) is 19.0 Å². The average molecular weight is 251 g/mol. The molecule has 0 saturated heterocycles. The first kappa shape index (κ1) is 11.8. The Labute approximate surface area is 103 Å². The fraction of sp³-hybridized carbons (Fsp3) is 0.444. The highest BCUT2D eigenvalue weighted by molar-refractivity contribution is 7.99. The van der Waals surface area contributed by atoms with Crippen LogP contribution in [0.1, 0.15) is 25.6 Å². The van der Waals surface area contributed by atoms with Crippen LogP contribution < -0.4 is 5.73 Å². The number of tetrazole rings is 1. The Morgan fingerprint density at radius 2 is 2.12 bits per heavy atom. The third kappa shape index (κ3) is 2.70. The van der Waals surface area contributed by atoms with Gasteiger partial charge >= 0.3 is 0 Å². The van der Waals surface area contributed by atoms with E-state index < -0.39 is 0 Å². The highest BCUT2D eigenvalue weighted by Crippen LogP contribution is 2.25. The van der Waals surface area contributed by atoms with Crippen molar-refractivity contribution in [3.05, 3.63) is 11.9 Å². The summed E-state index contributed by atoms with van der Waals surface area (Å²) in [5.74, 6) is 1.42. The molecule has 0 unspecified atom stereocenters. The molecule has 2 aromatic heterocycles. The molecular formula is C9H13N7S. The van der Waals surface area contributed by atoms with E-state index in [1.54, 1.807) is 17.8 Å². The maximum absolute atomic E-state index is 5.74. The van der Waals surface area contributed by atoms with Gasteiger partial charge in [0.15, 0.2) is 0 Å². The lowest BCUT2D eigenvalue weighted by molar-refractivity contribution is 0.663. The summed E-state index contributed by atoms with van der Waals surface area (Å²) in [6, 6.07) is 1.71. The molecular weight excluding hydrogens is 238 g/mol. The van der Waals surface area contributed by atoms with Gasteiger partial charge < -0.3 is 5.73 Å². The molecule has 90 valence electrons. The Kier molecular flexibility index (Phi) is 3.23. The summed E-state index contributed by atoms with van der Waals surface area (Å²) in [6.45, 7) is 4.04. The van der Waals surface area contributed by atoms with Crippen LogP contribution in [-0.4, -0.2) is 30.2 Å². The van der Waals surface area contributed by atoms with Crippen LogP contribution in [0.2, 0.25) is 0 Å². The molecule has 0 saturated carbocycles. The van der Waals surface area contributed by atoms with Crippen LogP contribution in [0.4, 0.5) is 5.82 Å². The van der Waals surface area contributed by atoms with E-state index in [1.807, 2.05) is 13.8 Å². The number of nitrogens with two attached hydrogens (primary N) is 1. The monoisotopic (exact) mass is 251 g/mol. The summed E-state index contributed by atoms with van der Waals surface area (Å²) in [7, 11) is 1.77. The molecule has 0 aromatic carbocycles. The highest BCUT2D eigenvalue weighted by atomic mass is 32.2. The number of hydrogen-bond donors (Lipinski definition) is 1. The molecule has 0 atom stereocenters. The van der Waals surface area contributed by atoms with Crippen molar-refractivity contribution in [3.63, 3.8) is 0 Å². The van der Waals surface area contributed by atoms with Gasteiger partial charge in [0.05, 0.1) is 0 Å². The van der Waals surface area contributed by atoms with E-state index in [4.69, 9.17) is 5.73 Å². The summed E-state index contributed by atoms with van der Waals surface area (Å²) >= 11 is 1.36. The first-order chi connectivity index (χ1) is 8.06. The Hall–Kier alpha value is -1.70. The molecule has 0 radical (unpaired) electrons. The van der Waals surface area contributed by atoms with E-state index in [2.05, 4.69) is 25.5 Å². The predicted molar refractivity (Wildman–Crippen MR) is 63.5 cm³/mol. The SMILES string of the molecule is CC(C)c1nc(N)cc(Sc2nnnn2C)n1. The van der Waals surface area contributed by atoms with Gasteiger partial charge in [0.1, 0.15) is 16.7 Å². The molecule has 0 aliphatic heterocycles. The second kappa shape index (κ2) is 4.66. The van der Waals surface area contributed by atoms with Crippen LogP contribution in [0.5, 0.6) is 0 Å². The minimum Gasteiger partial charge on any atom is -0.384 e. The number of nitrogens with zero attached hydrogens (tertiary/aromatic N) is 6. The van der Waals surface area contributed by atoms with Crippen LogP contribution in [-0.2, 0) is 7.05 Å². The van der Waals surface area contributed by atoms with Crippen molar-refractivity contribution in [3.8, 4) is 0 Å². The lowest BCUT2D eigenvalue weighted by Gasteiger charge is -2.06. The van der Waals surface area contributed by atoms with E-state index in [1.165, 1.54) is 11.8 Å². The van der Waals surface area contributed by atoms with Gasteiger partial charge in [-0.1, -0.05) is 13.8 Å². The third-order valence-corrected chi connectivity index (χ3v) is 2.98. The highest BCUT2D eigenvalue weighted by Gasteiger charge is 2.10. The Morgan fingerprint density at radius 3 is 2.71 bits per heavy atom. The molecule has 0 spiro atoms. The molecule has 0 bridgehead atoms. The molecule has 17 heavy (non-hydrogen) atoms. The van der Waals surface area contributed by atoms with Crippen molar-refractivity contribution in [2.75, 3.05) is 5.73 Å². The summed E-state index contributed by atoms with van der Waals surface area (Å²) in [4.78, 5) is 8.59. The van der Waals surface area contributed by atoms with Gasteiger partial charge in [0.25, 0.3) is 0 Å². The van der Waals surface area contributed by atoms with Gasteiger partial charge in [-0.05, 0) is 22.2 Å². The van der Waals surface area contributed by atoms with Crippen molar-refractivity contribution in [2.24, 2.45) is 7.05 Å². The fourth-order valence-corrected chi connectivity index (χ4v) is 1.92. The zero-order chi connectivity index (χ0) is 12.4. The zero-order valence-electron chi connectivity index (χ0n) is 9.82. The summed E-state index contributed by atoms with van der Waals surface area (Å²) in [5, 5.41) is 12.6. The lowest BCUT2D eigenvalue weighted by atomic mass is 10.2. The minimum atomic E-state index is 0.232. The van der Waals surface area contributed by atoms with Gasteiger partial charge in [-0.25, -0.2) is 14.6 Å². The quantitative estimate of drug-likeness (QED) is 0.808. The van der Waals surface area contributed by atoms with Crippen molar-refractivity contribution in [2.45, 2.75) is 29.9 Å². The average Bonchev–Trinajstić information content (AvgIpc) is 2.63. The summed E-state index contributed by atoms with van der Waals surface area (Å²) in [6.07, 6.45) is 0. The zero-order valence-corrected chi connectivity index (χ0v) is 10.6. The molecule has 0 fully saturated rings. The second-order valence-corrected chi connectivity index (χ2v) is 4.82. The molecule has 7 nitrogen and oxygen atoms in total. The normalized spacial score (nSPS) is 11.1. The van der Waals surface area contributed by atoms with Crippen molar-refractivity contribution in [1.82, 2.24) is 30.2 Å². The fourth-order valence-electron chi connectivity index (χ4n) is 1.17. The molecule has 0 aliphatic rings. The number of nitrogen functional groups attached to an aromatic ring is 1. The molecule has 2 heterocycles. The van der Waals surface area contributed by atoms with Crippen LogP contribution in [0.25, 0.3) is 0 Å². The Balaban J connectivity index is 2.30. The van der Waals surface area contributed by atoms with Crippen LogP contribution >= 0.6 is 11.8 Å². The topological polar surface area (TPSA) is 95.4 Å². The molecule has 2 aromatic rings. The number of hydrogen-bond acceptors (Lipinski definition) is 7. The van der Waals surface area contributed by atoms with Gasteiger partial charge in [-0.15, -0.1) is 5.10 Å². The molecule has 0 amide bonds. The van der Waals surface area contributed by atoms with E-state index in [9.17, 15) is 0 Å². The summed E-state index contributed by atoms with van der Waals surface area (Å²) in [5.41, 5.74) is 5.74. The first-order valence-electron chi connectivity index (χ1n) is 5.11. The first-order valence-corrected chi connectivity index (χ1v) is 5.92. The Bertz CT molecular complexity index is 522. The minimum absolute atomic E-state index is 0.232. The molecule has 2 N–H and O–H groups in total. The standard InChI is InChI=1S/C9H13N7S/c1-5(2)8-11-6(10)4-7(12-8)17-9-13-14-15-16(9)3/h4-5H,1-3H3,(H2,10,11,12). The Morgan fingerprint density at radius 1 is 1.35 bits per heavy atom. The smallest absolute Gasteiger partial charge is 0.215 e. The largest absolute Gasteiger partial charge is 0.384 e. The number of rotatable bonds is 3. The molecule has 2 rings (SSSR count). The van der Waals surface area contributed by atoms with Gasteiger partial charge in [-0.2, -0.15) is 0 Å². The maximum atomic E-state index is 5.74. The number of aryl methyl sites for hydroxylation is 1. The van der Waals surface area contributed by atoms with Crippen LogP contribution in [0.15, 0.2) is 16.2 Å². The van der Waals surface area contributed by atoms with E-state index in [-0.39, 0.29) is 5.92 Å².